The average molecular weight is 863 g/mol. The van der Waals surface area contributed by atoms with Crippen molar-refractivity contribution in [1.82, 2.24) is 0 Å². The molecule has 0 amide bonds. The quantitative estimate of drug-likeness (QED) is 0.165. The van der Waals surface area contributed by atoms with Crippen LogP contribution < -0.4 is 32.0 Å². The molecule has 0 aromatic heterocycles. The number of nitrogens with zero attached hydrogens (tertiary/aromatic N) is 1. The molecule has 1 spiro atoms. The van der Waals surface area contributed by atoms with Crippen LogP contribution in [0.1, 0.15) is 22.3 Å². The molecule has 292 valence electrons. The zero-order valence-corrected chi connectivity index (χ0v) is 36.1. The fourth-order valence-electron chi connectivity index (χ4n) is 12.4. The number of para-hydroxylation sites is 1. The van der Waals surface area contributed by atoms with E-state index in [4.69, 9.17) is 9.47 Å². The van der Waals surface area contributed by atoms with Crippen LogP contribution in [0.2, 0.25) is 0 Å². The normalized spacial score (nSPS) is 16.7. The van der Waals surface area contributed by atoms with Crippen LogP contribution in [0.3, 0.4) is 0 Å². The molecule has 0 fully saturated rings. The molecule has 63 heavy (non-hydrogen) atoms. The summed E-state index contributed by atoms with van der Waals surface area (Å²) in [6, 6.07) is 78.9. The first-order chi connectivity index (χ1) is 31.2. The van der Waals surface area contributed by atoms with Gasteiger partial charge in [-0.25, -0.2) is 0 Å². The molecule has 3 aliphatic heterocycles. The SMILES string of the molecule is c1ccc(N2c3cccc4[c]3[Ge]3([c]5ccccc5)[c]5c(cccc5Oc5cc(-c6ccc7c8c(ccc7c6)-c6ccccc6C86c7ccccc7-c7ccccc76)cc2[c]53)O4)cc1. The van der Waals surface area contributed by atoms with Crippen molar-refractivity contribution in [2.45, 2.75) is 5.41 Å². The molecule has 15 rings (SSSR count). The van der Waals surface area contributed by atoms with Crippen molar-refractivity contribution >= 4 is 58.7 Å². The first kappa shape index (κ1) is 34.0. The molecule has 3 nitrogen and oxygen atoms in total. The summed E-state index contributed by atoms with van der Waals surface area (Å²) < 4.78 is 19.3. The van der Waals surface area contributed by atoms with Gasteiger partial charge in [0.1, 0.15) is 0 Å². The van der Waals surface area contributed by atoms with E-state index in [0.717, 1.165) is 39.8 Å². The number of anilines is 3. The molecule has 10 aromatic carbocycles. The predicted octanol–water partition coefficient (Wildman–Crippen LogP) is 12.2. The van der Waals surface area contributed by atoms with E-state index in [1.54, 1.807) is 0 Å². The van der Waals surface area contributed by atoms with Crippen molar-refractivity contribution in [2.75, 3.05) is 4.90 Å². The number of ether oxygens (including phenoxy) is 2. The van der Waals surface area contributed by atoms with Crippen LogP contribution in [0.25, 0.3) is 44.2 Å². The second-order valence-electron chi connectivity index (χ2n) is 17.4. The van der Waals surface area contributed by atoms with Crippen LogP contribution in [0.5, 0.6) is 23.0 Å². The van der Waals surface area contributed by atoms with Gasteiger partial charge in [0.2, 0.25) is 0 Å². The number of hydrogen-bond acceptors (Lipinski definition) is 3. The molecule has 2 aliphatic carbocycles. The van der Waals surface area contributed by atoms with Gasteiger partial charge >= 0.3 is 321 Å². The molecule has 0 radical (unpaired) electrons. The third-order valence-corrected chi connectivity index (χ3v) is 25.0. The summed E-state index contributed by atoms with van der Waals surface area (Å²) in [7, 11) is 0. The Morgan fingerprint density at radius 2 is 0.952 bits per heavy atom. The maximum atomic E-state index is 7.20. The Balaban J connectivity index is 1.01. The van der Waals surface area contributed by atoms with Gasteiger partial charge in [-0.2, -0.15) is 0 Å². The topological polar surface area (TPSA) is 21.7 Å². The summed E-state index contributed by atoms with van der Waals surface area (Å²) >= 11 is -3.79. The van der Waals surface area contributed by atoms with E-state index in [1.807, 2.05) is 0 Å². The van der Waals surface area contributed by atoms with Crippen LogP contribution in [0.4, 0.5) is 17.1 Å². The summed E-state index contributed by atoms with van der Waals surface area (Å²) in [5, 5.41) is 2.50. The summed E-state index contributed by atoms with van der Waals surface area (Å²) in [6.45, 7) is 0. The molecular formula is C59H35GeNO2. The number of rotatable bonds is 3. The van der Waals surface area contributed by atoms with Crippen molar-refractivity contribution in [3.63, 3.8) is 0 Å². The fraction of sp³-hybridized carbons (Fsp3) is 0.0169. The minimum absolute atomic E-state index is 0.416. The zero-order valence-electron chi connectivity index (χ0n) is 34.0. The predicted molar refractivity (Wildman–Crippen MR) is 258 cm³/mol. The van der Waals surface area contributed by atoms with Gasteiger partial charge in [0.05, 0.1) is 0 Å². The summed E-state index contributed by atoms with van der Waals surface area (Å²) in [6.07, 6.45) is 0. The van der Waals surface area contributed by atoms with Gasteiger partial charge in [0, 0.05) is 0 Å². The van der Waals surface area contributed by atoms with Gasteiger partial charge < -0.3 is 0 Å². The minimum atomic E-state index is -3.79. The van der Waals surface area contributed by atoms with Crippen LogP contribution >= 0.6 is 0 Å². The van der Waals surface area contributed by atoms with Crippen molar-refractivity contribution in [3.05, 3.63) is 235 Å². The Kier molecular flexibility index (Phi) is 6.52. The van der Waals surface area contributed by atoms with E-state index in [9.17, 15) is 0 Å². The molecule has 1 atom stereocenters. The Morgan fingerprint density at radius 3 is 1.65 bits per heavy atom. The maximum absolute atomic E-state index is 7.20. The van der Waals surface area contributed by atoms with E-state index in [2.05, 4.69) is 217 Å². The molecule has 0 saturated carbocycles. The number of benzene rings is 10. The van der Waals surface area contributed by atoms with Gasteiger partial charge in [-0.15, -0.1) is 0 Å². The molecule has 0 saturated heterocycles. The van der Waals surface area contributed by atoms with Crippen molar-refractivity contribution in [3.8, 4) is 56.4 Å². The number of hydrogen-bond donors (Lipinski definition) is 0. The second-order valence-corrected chi connectivity index (χ2v) is 25.0. The Labute approximate surface area is 367 Å². The summed E-state index contributed by atoms with van der Waals surface area (Å²) in [5.74, 6) is 3.68. The molecule has 10 aromatic rings. The van der Waals surface area contributed by atoms with Gasteiger partial charge in [-0.05, 0) is 0 Å². The van der Waals surface area contributed by atoms with E-state index < -0.39 is 18.7 Å². The van der Waals surface area contributed by atoms with E-state index >= 15 is 0 Å². The first-order valence-corrected chi connectivity index (χ1v) is 26.0. The van der Waals surface area contributed by atoms with Crippen LogP contribution in [0.15, 0.2) is 212 Å². The second kappa shape index (κ2) is 12.1. The van der Waals surface area contributed by atoms with Crippen molar-refractivity contribution < 1.29 is 9.47 Å². The summed E-state index contributed by atoms with van der Waals surface area (Å²) in [4.78, 5) is 2.46. The molecule has 0 N–H and O–H groups in total. The molecule has 4 heteroatoms. The van der Waals surface area contributed by atoms with Crippen molar-refractivity contribution in [2.24, 2.45) is 0 Å². The van der Waals surface area contributed by atoms with Crippen LogP contribution in [-0.4, -0.2) is 13.3 Å². The van der Waals surface area contributed by atoms with Gasteiger partial charge in [-0.3, -0.25) is 0 Å². The van der Waals surface area contributed by atoms with E-state index in [-0.39, 0.29) is 0 Å². The fourth-order valence-corrected chi connectivity index (χ4v) is 23.9. The monoisotopic (exact) mass is 863 g/mol. The molecule has 0 bridgehead atoms. The van der Waals surface area contributed by atoms with Gasteiger partial charge in [0.25, 0.3) is 0 Å². The Hall–Kier alpha value is -7.60. The van der Waals surface area contributed by atoms with Crippen LogP contribution in [-0.2, 0) is 5.41 Å². The first-order valence-electron chi connectivity index (χ1n) is 21.8. The molecule has 5 aliphatic rings. The molecular weight excluding hydrogens is 827 g/mol. The zero-order chi connectivity index (χ0) is 41.0. The average Bonchev–Trinajstić information content (AvgIpc) is 3.82. The summed E-state index contributed by atoms with van der Waals surface area (Å²) in [5.41, 5.74) is 16.0. The molecule has 1 unspecified atom stereocenters. The van der Waals surface area contributed by atoms with E-state index in [1.165, 1.54) is 84.2 Å². The van der Waals surface area contributed by atoms with E-state index in [0.29, 0.717) is 0 Å². The number of fused-ring (bicyclic) bond motifs is 12. The van der Waals surface area contributed by atoms with Crippen LogP contribution in [0, 0.1) is 0 Å². The standard InChI is InChI=1S/C59H35GeNO2/c1-3-15-39(16-4-1)60-56-49-25-13-26-51(56)62-52-27-14-28-53(58(52)60)63-54-35-38(34-50(57(54)60)61(49)40-17-5-2-6-18-40)36-29-31-41-37(33-36)30-32-45-44-21-9-12-24-48(44)59(55(41)45)46-22-10-7-19-42(46)43-20-8-11-23-47(43)59/h1-35H. The molecule has 3 heterocycles. The van der Waals surface area contributed by atoms with Gasteiger partial charge in [0.15, 0.2) is 0 Å². The Morgan fingerprint density at radius 1 is 0.381 bits per heavy atom. The van der Waals surface area contributed by atoms with Gasteiger partial charge in [-0.1, -0.05) is 48.5 Å². The third-order valence-electron chi connectivity index (χ3n) is 14.6. The Bertz CT molecular complexity index is 3590. The van der Waals surface area contributed by atoms with Crippen molar-refractivity contribution in [1.29, 1.82) is 0 Å². The third kappa shape index (κ3) is 4.08.